The Morgan fingerprint density at radius 3 is 2.14 bits per heavy atom. The van der Waals surface area contributed by atoms with Crippen LogP contribution in [0.2, 0.25) is 5.15 Å². The Hall–Kier alpha value is -0.830. The van der Waals surface area contributed by atoms with E-state index < -0.39 is 0 Å². The van der Waals surface area contributed by atoms with E-state index in [-0.39, 0.29) is 5.60 Å². The van der Waals surface area contributed by atoms with Crippen molar-refractivity contribution in [2.45, 2.75) is 40.2 Å². The lowest BCUT2D eigenvalue weighted by Gasteiger charge is -2.21. The van der Waals surface area contributed by atoms with Gasteiger partial charge in [-0.3, -0.25) is 0 Å². The van der Waals surface area contributed by atoms with E-state index in [0.29, 0.717) is 11.0 Å². The molecule has 3 nitrogen and oxygen atoms in total. The van der Waals surface area contributed by atoms with Crippen molar-refractivity contribution in [3.63, 3.8) is 0 Å². The van der Waals surface area contributed by atoms with Gasteiger partial charge < -0.3 is 4.74 Å². The lowest BCUT2D eigenvalue weighted by Crippen LogP contribution is -2.24. The molecular formula is C10H15ClN2O. The fourth-order valence-electron chi connectivity index (χ4n) is 0.941. The van der Waals surface area contributed by atoms with Gasteiger partial charge in [0, 0.05) is 5.56 Å². The standard InChI is InChI=1S/C10H15ClN2O/c1-6-7(2)9(13-12-8(6)11)14-10(3,4)5/h1-5H3. The zero-order valence-corrected chi connectivity index (χ0v) is 9.94. The third-order valence-electron chi connectivity index (χ3n) is 1.82. The SMILES string of the molecule is Cc1c(Cl)nnc(OC(C)(C)C)c1C. The summed E-state index contributed by atoms with van der Waals surface area (Å²) in [6.45, 7) is 9.74. The monoisotopic (exact) mass is 214 g/mol. The van der Waals surface area contributed by atoms with Gasteiger partial charge in [0.1, 0.15) is 5.60 Å². The van der Waals surface area contributed by atoms with Gasteiger partial charge in [-0.15, -0.1) is 10.2 Å². The predicted octanol–water partition coefficient (Wildman–Crippen LogP) is 2.92. The highest BCUT2D eigenvalue weighted by atomic mass is 35.5. The highest BCUT2D eigenvalue weighted by molar-refractivity contribution is 6.30. The maximum absolute atomic E-state index is 5.83. The van der Waals surface area contributed by atoms with Crippen LogP contribution in [0.1, 0.15) is 31.9 Å². The van der Waals surface area contributed by atoms with Crippen molar-refractivity contribution in [1.29, 1.82) is 0 Å². The summed E-state index contributed by atoms with van der Waals surface area (Å²) in [6, 6.07) is 0. The first-order valence-corrected chi connectivity index (χ1v) is 4.87. The third kappa shape index (κ3) is 2.58. The Morgan fingerprint density at radius 2 is 1.64 bits per heavy atom. The summed E-state index contributed by atoms with van der Waals surface area (Å²) in [5.74, 6) is 0.555. The second kappa shape index (κ2) is 3.73. The summed E-state index contributed by atoms with van der Waals surface area (Å²) in [5, 5.41) is 8.17. The Balaban J connectivity index is 3.06. The fraction of sp³-hybridized carbons (Fsp3) is 0.600. The van der Waals surface area contributed by atoms with Crippen molar-refractivity contribution in [2.24, 2.45) is 0 Å². The van der Waals surface area contributed by atoms with Crippen molar-refractivity contribution in [2.75, 3.05) is 0 Å². The summed E-state index contributed by atoms with van der Waals surface area (Å²) in [5.41, 5.74) is 1.60. The highest BCUT2D eigenvalue weighted by Gasteiger charge is 2.16. The Kier molecular flexibility index (Phi) is 3.00. The molecule has 1 heterocycles. The third-order valence-corrected chi connectivity index (χ3v) is 2.18. The summed E-state index contributed by atoms with van der Waals surface area (Å²) in [7, 11) is 0. The average Bonchev–Trinajstić information content (AvgIpc) is 2.04. The van der Waals surface area contributed by atoms with Crippen LogP contribution >= 0.6 is 11.6 Å². The van der Waals surface area contributed by atoms with E-state index in [0.717, 1.165) is 11.1 Å². The van der Waals surface area contributed by atoms with E-state index >= 15 is 0 Å². The van der Waals surface area contributed by atoms with E-state index in [1.807, 2.05) is 34.6 Å². The fourth-order valence-corrected chi connectivity index (χ4v) is 1.12. The van der Waals surface area contributed by atoms with Crippen molar-refractivity contribution in [3.8, 4) is 5.88 Å². The molecule has 1 aromatic heterocycles. The molecule has 0 aliphatic heterocycles. The van der Waals surface area contributed by atoms with Crippen LogP contribution in [-0.4, -0.2) is 15.8 Å². The van der Waals surface area contributed by atoms with Crippen LogP contribution in [0, 0.1) is 13.8 Å². The molecule has 0 atom stereocenters. The van der Waals surface area contributed by atoms with E-state index in [1.54, 1.807) is 0 Å². The van der Waals surface area contributed by atoms with E-state index in [9.17, 15) is 0 Å². The lowest BCUT2D eigenvalue weighted by atomic mass is 10.1. The van der Waals surface area contributed by atoms with E-state index in [1.165, 1.54) is 0 Å². The van der Waals surface area contributed by atoms with Crippen LogP contribution in [0.5, 0.6) is 5.88 Å². The van der Waals surface area contributed by atoms with Gasteiger partial charge in [-0.1, -0.05) is 11.6 Å². The molecule has 0 amide bonds. The van der Waals surface area contributed by atoms with Gasteiger partial charge in [0.05, 0.1) is 0 Å². The molecule has 0 aromatic carbocycles. The van der Waals surface area contributed by atoms with Crippen molar-refractivity contribution >= 4 is 11.6 Å². The van der Waals surface area contributed by atoms with Gasteiger partial charge in [-0.2, -0.15) is 0 Å². The molecule has 0 spiro atoms. The number of ether oxygens (including phenoxy) is 1. The molecule has 0 saturated heterocycles. The lowest BCUT2D eigenvalue weighted by molar-refractivity contribution is 0.121. The van der Waals surface area contributed by atoms with Crippen LogP contribution in [0.4, 0.5) is 0 Å². The van der Waals surface area contributed by atoms with Gasteiger partial charge in [0.25, 0.3) is 0 Å². The maximum Gasteiger partial charge on any atom is 0.237 e. The van der Waals surface area contributed by atoms with Gasteiger partial charge >= 0.3 is 0 Å². The van der Waals surface area contributed by atoms with E-state index in [2.05, 4.69) is 10.2 Å². The summed E-state index contributed by atoms with van der Waals surface area (Å²) >= 11 is 5.83. The minimum atomic E-state index is -0.264. The summed E-state index contributed by atoms with van der Waals surface area (Å²) < 4.78 is 5.64. The molecule has 4 heteroatoms. The number of hydrogen-bond acceptors (Lipinski definition) is 3. The van der Waals surface area contributed by atoms with Crippen LogP contribution < -0.4 is 4.74 Å². The molecule has 1 rings (SSSR count). The van der Waals surface area contributed by atoms with Crippen LogP contribution in [0.3, 0.4) is 0 Å². The first-order valence-electron chi connectivity index (χ1n) is 4.49. The molecule has 0 radical (unpaired) electrons. The van der Waals surface area contributed by atoms with Crippen molar-refractivity contribution in [3.05, 3.63) is 16.3 Å². The van der Waals surface area contributed by atoms with Crippen LogP contribution in [0.25, 0.3) is 0 Å². The summed E-state index contributed by atoms with van der Waals surface area (Å²) in [4.78, 5) is 0. The Labute approximate surface area is 89.4 Å². The number of halogens is 1. The van der Waals surface area contributed by atoms with Crippen LogP contribution in [-0.2, 0) is 0 Å². The average molecular weight is 215 g/mol. The topological polar surface area (TPSA) is 35.0 Å². The van der Waals surface area contributed by atoms with Gasteiger partial charge in [0.2, 0.25) is 5.88 Å². The molecule has 0 unspecified atom stereocenters. The quantitative estimate of drug-likeness (QED) is 0.721. The molecule has 0 bridgehead atoms. The Bertz CT molecular complexity index is 345. The molecule has 14 heavy (non-hydrogen) atoms. The summed E-state index contributed by atoms with van der Waals surface area (Å²) in [6.07, 6.45) is 0. The first-order chi connectivity index (χ1) is 6.31. The second-order valence-corrected chi connectivity index (χ2v) is 4.62. The number of rotatable bonds is 1. The zero-order chi connectivity index (χ0) is 10.9. The normalized spacial score (nSPS) is 11.6. The number of aromatic nitrogens is 2. The molecule has 0 aliphatic rings. The maximum atomic E-state index is 5.83. The molecule has 0 aliphatic carbocycles. The molecule has 0 N–H and O–H groups in total. The number of nitrogens with zero attached hydrogens (tertiary/aromatic N) is 2. The van der Waals surface area contributed by atoms with Gasteiger partial charge in [0.15, 0.2) is 5.15 Å². The van der Waals surface area contributed by atoms with Gasteiger partial charge in [-0.05, 0) is 40.2 Å². The van der Waals surface area contributed by atoms with E-state index in [4.69, 9.17) is 16.3 Å². The molecule has 78 valence electrons. The smallest absolute Gasteiger partial charge is 0.237 e. The first kappa shape index (κ1) is 11.2. The minimum Gasteiger partial charge on any atom is -0.471 e. The Morgan fingerprint density at radius 1 is 1.07 bits per heavy atom. The second-order valence-electron chi connectivity index (χ2n) is 4.26. The predicted molar refractivity (Wildman–Crippen MR) is 56.9 cm³/mol. The molecule has 1 aromatic rings. The molecule has 0 fully saturated rings. The highest BCUT2D eigenvalue weighted by Crippen LogP contribution is 2.24. The molecule has 0 saturated carbocycles. The number of hydrogen-bond donors (Lipinski definition) is 0. The zero-order valence-electron chi connectivity index (χ0n) is 9.18. The largest absolute Gasteiger partial charge is 0.471 e. The minimum absolute atomic E-state index is 0.264. The molecular weight excluding hydrogens is 200 g/mol. The van der Waals surface area contributed by atoms with Crippen LogP contribution in [0.15, 0.2) is 0 Å². The van der Waals surface area contributed by atoms with Crippen molar-refractivity contribution in [1.82, 2.24) is 10.2 Å². The van der Waals surface area contributed by atoms with Gasteiger partial charge in [-0.25, -0.2) is 0 Å². The van der Waals surface area contributed by atoms with Crippen molar-refractivity contribution < 1.29 is 4.74 Å².